The van der Waals surface area contributed by atoms with E-state index in [1.165, 1.54) is 6.33 Å². The molecule has 2 unspecified atom stereocenters. The van der Waals surface area contributed by atoms with Crippen LogP contribution in [0.5, 0.6) is 0 Å². The van der Waals surface area contributed by atoms with Crippen LogP contribution in [0.3, 0.4) is 0 Å². The molecule has 0 aromatic carbocycles. The highest BCUT2D eigenvalue weighted by molar-refractivity contribution is 7.47. The van der Waals surface area contributed by atoms with E-state index >= 15 is 0 Å². The Hall–Kier alpha value is -1.86. The Morgan fingerprint density at radius 2 is 2.13 bits per heavy atom. The van der Waals surface area contributed by atoms with Crippen LogP contribution in [0.4, 0.5) is 5.95 Å². The third-order valence-electron chi connectivity index (χ3n) is 5.23. The van der Waals surface area contributed by atoms with E-state index in [1.54, 1.807) is 18.4 Å². The van der Waals surface area contributed by atoms with Crippen molar-refractivity contribution >= 4 is 24.9 Å². The average molecular weight is 445 g/mol. The number of aromatic amines is 1. The van der Waals surface area contributed by atoms with Crippen LogP contribution in [0.1, 0.15) is 32.9 Å². The number of H-pyrrole nitrogens is 1. The van der Waals surface area contributed by atoms with Crippen molar-refractivity contribution in [3.05, 3.63) is 16.7 Å². The highest BCUT2D eigenvalue weighted by Gasteiger charge is 2.44. The monoisotopic (exact) mass is 445 g/mol. The minimum Gasteiger partial charge on any atom is -0.388 e. The molecule has 4 rings (SSSR count). The zero-order valence-electron chi connectivity index (χ0n) is 16.4. The number of nitrogen functional groups attached to an aromatic ring is 1. The summed E-state index contributed by atoms with van der Waals surface area (Å²) in [5.41, 5.74) is 5.58. The van der Waals surface area contributed by atoms with E-state index in [1.807, 2.05) is 0 Å². The highest BCUT2D eigenvalue weighted by atomic mass is 31.2. The van der Waals surface area contributed by atoms with Gasteiger partial charge in [0.1, 0.15) is 18.4 Å². The maximum atomic E-state index is 12.3. The predicted octanol–water partition coefficient (Wildman–Crippen LogP) is 0.0497. The van der Waals surface area contributed by atoms with Gasteiger partial charge in [-0.15, -0.1) is 0 Å². The number of anilines is 1. The number of aromatic nitrogens is 4. The molecule has 0 aliphatic carbocycles. The van der Waals surface area contributed by atoms with Crippen molar-refractivity contribution in [3.63, 3.8) is 0 Å². The molecule has 2 aliphatic rings. The molecule has 4 heterocycles. The zero-order chi connectivity index (χ0) is 21.6. The van der Waals surface area contributed by atoms with Gasteiger partial charge in [0.2, 0.25) is 5.95 Å². The minimum absolute atomic E-state index is 0.0351. The molecule has 7 atom stereocenters. The molecule has 30 heavy (non-hydrogen) atoms. The Labute approximate surface area is 170 Å². The lowest BCUT2D eigenvalue weighted by molar-refractivity contribution is -0.0306. The molecule has 0 bridgehead atoms. The van der Waals surface area contributed by atoms with Crippen molar-refractivity contribution in [2.45, 2.75) is 63.4 Å². The zero-order valence-corrected chi connectivity index (χ0v) is 17.3. The van der Waals surface area contributed by atoms with Crippen molar-refractivity contribution in [3.8, 4) is 0 Å². The van der Waals surface area contributed by atoms with Crippen LogP contribution in [0.2, 0.25) is 0 Å². The maximum absolute atomic E-state index is 12.3. The largest absolute Gasteiger partial charge is 0.472 e. The molecule has 0 saturated carbocycles. The summed E-state index contributed by atoms with van der Waals surface area (Å²) in [6.07, 6.45) is -1.52. The number of imidazole rings is 1. The van der Waals surface area contributed by atoms with Crippen LogP contribution in [0.15, 0.2) is 11.1 Å². The van der Waals surface area contributed by atoms with Gasteiger partial charge in [-0.1, -0.05) is 0 Å². The summed E-state index contributed by atoms with van der Waals surface area (Å²) < 4.78 is 35.3. The molecule has 0 amide bonds. The second kappa shape index (κ2) is 8.00. The van der Waals surface area contributed by atoms with Gasteiger partial charge in [0, 0.05) is 0 Å². The van der Waals surface area contributed by atoms with Gasteiger partial charge in [0.05, 0.1) is 31.2 Å². The Kier molecular flexibility index (Phi) is 5.70. The van der Waals surface area contributed by atoms with Gasteiger partial charge in [-0.2, -0.15) is 4.98 Å². The first-order valence-corrected chi connectivity index (χ1v) is 11.0. The molecule has 2 fully saturated rings. The van der Waals surface area contributed by atoms with E-state index in [2.05, 4.69) is 15.0 Å². The number of hydrogen-bond donors (Lipinski definition) is 4. The number of hydrogen-bond acceptors (Lipinski definition) is 10. The Morgan fingerprint density at radius 3 is 2.83 bits per heavy atom. The summed E-state index contributed by atoms with van der Waals surface area (Å²) in [5.74, 6) is -0.0351. The summed E-state index contributed by atoms with van der Waals surface area (Å²) in [6, 6.07) is 0. The number of phosphoric acid groups is 1. The topological polar surface area (TPSA) is 184 Å². The maximum Gasteiger partial charge on any atom is 0.472 e. The average Bonchev–Trinajstić information content (AvgIpc) is 3.35. The first kappa shape index (κ1) is 21.4. The fourth-order valence-electron chi connectivity index (χ4n) is 3.72. The van der Waals surface area contributed by atoms with E-state index < -0.39 is 50.1 Å². The Bertz CT molecular complexity index is 1030. The first-order valence-electron chi connectivity index (χ1n) is 9.51. The number of nitrogens with zero attached hydrogens (tertiary/aromatic N) is 3. The molecule has 2 aromatic rings. The molecule has 2 aromatic heterocycles. The highest BCUT2D eigenvalue weighted by Crippen LogP contribution is 2.48. The summed E-state index contributed by atoms with van der Waals surface area (Å²) in [5, 5.41) is 10.0. The Balaban J connectivity index is 1.37. The smallest absolute Gasteiger partial charge is 0.388 e. The lowest BCUT2D eigenvalue weighted by Crippen LogP contribution is -2.33. The second-order valence-electron chi connectivity index (χ2n) is 7.44. The molecule has 166 valence electrons. The summed E-state index contributed by atoms with van der Waals surface area (Å²) in [7, 11) is -4.44. The van der Waals surface area contributed by atoms with Crippen LogP contribution in [-0.2, 0) is 23.1 Å². The number of ether oxygens (including phenoxy) is 2. The lowest BCUT2D eigenvalue weighted by Gasteiger charge is -2.22. The summed E-state index contributed by atoms with van der Waals surface area (Å²) in [6.45, 7) is 3.10. The standard InChI is InChI=1S/C16H24N5O8P/c1-7-12(22)13(8(2)27-7)29-30(24,25)26-5-9-3-4-10(28-9)21-6-18-11-14(21)19-16(17)20-15(11)23/h6-10,12-13,22H,3-5H2,1-2H3,(H,24,25)(H3,17,19,20,23)/t7-,8+,9-,10+,12+,13?/m0/s1. The van der Waals surface area contributed by atoms with Crippen LogP contribution in [-0.4, -0.2) is 66.6 Å². The van der Waals surface area contributed by atoms with Crippen molar-refractivity contribution in [2.24, 2.45) is 0 Å². The SMILES string of the molecule is C[C@@H]1O[C@H](C)C(OP(=O)(O)OC[C@@H]2CC[C@H](n3cnc4c(=O)[nH]c(N)nc43)O2)[C@@H]1O. The third-order valence-corrected chi connectivity index (χ3v) is 6.22. The number of nitrogens with one attached hydrogen (secondary N) is 1. The van der Waals surface area contributed by atoms with Crippen molar-refractivity contribution in [1.82, 2.24) is 19.5 Å². The molecule has 0 spiro atoms. The number of phosphoric ester groups is 1. The van der Waals surface area contributed by atoms with Gasteiger partial charge in [-0.25, -0.2) is 9.55 Å². The van der Waals surface area contributed by atoms with Gasteiger partial charge >= 0.3 is 7.82 Å². The second-order valence-corrected chi connectivity index (χ2v) is 8.84. The van der Waals surface area contributed by atoms with E-state index in [-0.39, 0.29) is 23.7 Å². The normalized spacial score (nSPS) is 33.9. The van der Waals surface area contributed by atoms with Gasteiger partial charge in [0.15, 0.2) is 11.2 Å². The predicted molar refractivity (Wildman–Crippen MR) is 102 cm³/mol. The summed E-state index contributed by atoms with van der Waals surface area (Å²) in [4.78, 5) is 32.4. The number of aliphatic hydroxyl groups excluding tert-OH is 1. The van der Waals surface area contributed by atoms with Crippen LogP contribution in [0, 0.1) is 0 Å². The van der Waals surface area contributed by atoms with Crippen LogP contribution >= 0.6 is 7.82 Å². The third kappa shape index (κ3) is 4.14. The van der Waals surface area contributed by atoms with Crippen LogP contribution in [0.25, 0.3) is 11.2 Å². The van der Waals surface area contributed by atoms with Crippen LogP contribution < -0.4 is 11.3 Å². The number of rotatable bonds is 6. The molecule has 14 heteroatoms. The molecular formula is C16H24N5O8P. The molecule has 0 radical (unpaired) electrons. The Morgan fingerprint density at radius 1 is 1.37 bits per heavy atom. The first-order chi connectivity index (χ1) is 14.1. The van der Waals surface area contributed by atoms with E-state index in [0.717, 1.165) is 0 Å². The molecule has 2 saturated heterocycles. The number of aliphatic hydroxyl groups is 1. The summed E-state index contributed by atoms with van der Waals surface area (Å²) >= 11 is 0. The fourth-order valence-corrected chi connectivity index (χ4v) is 4.74. The van der Waals surface area contributed by atoms with Crippen molar-refractivity contribution < 1.29 is 33.1 Å². The van der Waals surface area contributed by atoms with Crippen molar-refractivity contribution in [1.29, 1.82) is 0 Å². The fraction of sp³-hybridized carbons (Fsp3) is 0.688. The molecular weight excluding hydrogens is 421 g/mol. The number of fused-ring (bicyclic) bond motifs is 1. The van der Waals surface area contributed by atoms with E-state index in [4.69, 9.17) is 24.3 Å². The van der Waals surface area contributed by atoms with Crippen molar-refractivity contribution in [2.75, 3.05) is 12.3 Å². The molecule has 13 nitrogen and oxygen atoms in total. The minimum atomic E-state index is -4.44. The van der Waals surface area contributed by atoms with Gasteiger partial charge in [0.25, 0.3) is 5.56 Å². The molecule has 5 N–H and O–H groups in total. The van der Waals surface area contributed by atoms with E-state index in [0.29, 0.717) is 12.8 Å². The van der Waals surface area contributed by atoms with E-state index in [9.17, 15) is 19.4 Å². The lowest BCUT2D eigenvalue weighted by atomic mass is 10.1. The quantitative estimate of drug-likeness (QED) is 0.440. The van der Waals surface area contributed by atoms with Gasteiger partial charge < -0.3 is 25.2 Å². The van der Waals surface area contributed by atoms with Gasteiger partial charge in [-0.3, -0.25) is 23.4 Å². The van der Waals surface area contributed by atoms with Gasteiger partial charge in [-0.05, 0) is 26.7 Å². The number of nitrogens with two attached hydrogens (primary N) is 1. The molecule has 2 aliphatic heterocycles.